The van der Waals surface area contributed by atoms with Gasteiger partial charge in [-0.05, 0) is 25.0 Å². The first-order valence-electron chi connectivity index (χ1n) is 5.07. The zero-order chi connectivity index (χ0) is 13.2. The van der Waals surface area contributed by atoms with Crippen LogP contribution in [0.2, 0.25) is 0 Å². The van der Waals surface area contributed by atoms with Crippen molar-refractivity contribution in [2.24, 2.45) is 0 Å². The molecule has 2 N–H and O–H groups in total. The Hall–Kier alpha value is -1.75. The molecule has 1 rings (SSSR count). The molecule has 0 saturated heterocycles. The number of aryl methyl sites for hydroxylation is 2. The summed E-state index contributed by atoms with van der Waals surface area (Å²) in [7, 11) is 2.88. The molecule has 0 aliphatic carbocycles. The average molecular weight is 240 g/mol. The number of benzene rings is 1. The van der Waals surface area contributed by atoms with Crippen LogP contribution in [-0.4, -0.2) is 30.4 Å². The predicted molar refractivity (Wildman–Crippen MR) is 61.6 cm³/mol. The maximum absolute atomic E-state index is 10.9. The molecule has 0 amide bonds. The average Bonchev–Trinajstić information content (AvgIpc) is 2.27. The van der Waals surface area contributed by atoms with Crippen LogP contribution >= 0.6 is 0 Å². The summed E-state index contributed by atoms with van der Waals surface area (Å²) in [5, 5.41) is 18.5. The van der Waals surface area contributed by atoms with Crippen molar-refractivity contribution < 1.29 is 24.5 Å². The maximum atomic E-state index is 10.9. The molecule has 0 aliphatic rings. The molecule has 0 aromatic heterocycles. The highest BCUT2D eigenvalue weighted by molar-refractivity contribution is 5.77. The third kappa shape index (κ3) is 2.34. The molecule has 94 valence electrons. The summed E-state index contributed by atoms with van der Waals surface area (Å²) >= 11 is 0. The summed E-state index contributed by atoms with van der Waals surface area (Å²) in [6.07, 6.45) is -1.63. The second kappa shape index (κ2) is 5.05. The number of ether oxygens (including phenoxy) is 2. The molecule has 0 heterocycles. The van der Waals surface area contributed by atoms with E-state index in [1.807, 2.05) is 6.92 Å². The SMILES string of the molecule is COc1c(C)cc(C)c(C(O)C(=O)O)c1OC. The van der Waals surface area contributed by atoms with Crippen molar-refractivity contribution in [2.45, 2.75) is 20.0 Å². The largest absolute Gasteiger partial charge is 0.493 e. The number of carboxylic acid groups (broad SMARTS) is 1. The lowest BCUT2D eigenvalue weighted by Crippen LogP contribution is -2.14. The number of carboxylic acids is 1. The number of carbonyl (C=O) groups is 1. The van der Waals surface area contributed by atoms with Crippen molar-refractivity contribution in [3.05, 3.63) is 22.8 Å². The van der Waals surface area contributed by atoms with Gasteiger partial charge in [0.15, 0.2) is 17.6 Å². The monoisotopic (exact) mass is 240 g/mol. The molecule has 0 spiro atoms. The van der Waals surface area contributed by atoms with Gasteiger partial charge in [0.2, 0.25) is 0 Å². The lowest BCUT2D eigenvalue weighted by molar-refractivity contribution is -0.147. The molecule has 5 heteroatoms. The summed E-state index contributed by atoms with van der Waals surface area (Å²) in [4.78, 5) is 10.9. The Morgan fingerprint density at radius 1 is 1.18 bits per heavy atom. The van der Waals surface area contributed by atoms with E-state index in [0.717, 1.165) is 5.56 Å². The van der Waals surface area contributed by atoms with Crippen LogP contribution in [0.5, 0.6) is 11.5 Å². The quantitative estimate of drug-likeness (QED) is 0.832. The fraction of sp³-hybridized carbons (Fsp3) is 0.417. The Bertz CT molecular complexity index is 439. The number of hydrogen-bond donors (Lipinski definition) is 2. The predicted octanol–water partition coefficient (Wildman–Crippen LogP) is 1.44. The normalized spacial score (nSPS) is 12.1. The first kappa shape index (κ1) is 13.3. The second-order valence-electron chi connectivity index (χ2n) is 3.73. The molecule has 1 unspecified atom stereocenters. The molecule has 0 aliphatic heterocycles. The molecular weight excluding hydrogens is 224 g/mol. The molecule has 0 saturated carbocycles. The molecule has 1 aromatic rings. The van der Waals surface area contributed by atoms with Crippen LogP contribution in [0.1, 0.15) is 22.8 Å². The molecular formula is C12H16O5. The zero-order valence-corrected chi connectivity index (χ0v) is 10.3. The molecule has 1 aromatic carbocycles. The molecule has 1 atom stereocenters. The van der Waals surface area contributed by atoms with Gasteiger partial charge >= 0.3 is 5.97 Å². The van der Waals surface area contributed by atoms with Crippen LogP contribution in [0.15, 0.2) is 6.07 Å². The summed E-state index contributed by atoms with van der Waals surface area (Å²) < 4.78 is 10.3. The van der Waals surface area contributed by atoms with E-state index in [0.29, 0.717) is 11.3 Å². The van der Waals surface area contributed by atoms with Crippen molar-refractivity contribution in [1.82, 2.24) is 0 Å². The van der Waals surface area contributed by atoms with E-state index in [2.05, 4.69) is 0 Å². The van der Waals surface area contributed by atoms with Gasteiger partial charge in [0.05, 0.1) is 14.2 Å². The van der Waals surface area contributed by atoms with Crippen molar-refractivity contribution in [1.29, 1.82) is 0 Å². The first-order chi connectivity index (χ1) is 7.93. The summed E-state index contributed by atoms with van der Waals surface area (Å²) in [6, 6.07) is 1.75. The Morgan fingerprint density at radius 3 is 2.12 bits per heavy atom. The van der Waals surface area contributed by atoms with Crippen molar-refractivity contribution >= 4 is 5.97 Å². The molecule has 0 radical (unpaired) electrons. The molecule has 0 fully saturated rings. The van der Waals surface area contributed by atoms with Crippen LogP contribution < -0.4 is 9.47 Å². The molecule has 17 heavy (non-hydrogen) atoms. The van der Waals surface area contributed by atoms with Gasteiger partial charge in [-0.25, -0.2) is 4.79 Å². The van der Waals surface area contributed by atoms with Crippen LogP contribution in [-0.2, 0) is 4.79 Å². The fourth-order valence-corrected chi connectivity index (χ4v) is 1.87. The number of hydrogen-bond acceptors (Lipinski definition) is 4. The summed E-state index contributed by atoms with van der Waals surface area (Å²) in [5.41, 5.74) is 1.70. The highest BCUT2D eigenvalue weighted by Gasteiger charge is 2.26. The van der Waals surface area contributed by atoms with Gasteiger partial charge in [-0.1, -0.05) is 6.07 Å². The van der Waals surface area contributed by atoms with E-state index in [1.165, 1.54) is 14.2 Å². The van der Waals surface area contributed by atoms with E-state index in [1.54, 1.807) is 13.0 Å². The van der Waals surface area contributed by atoms with E-state index in [-0.39, 0.29) is 11.3 Å². The highest BCUT2D eigenvalue weighted by Crippen LogP contribution is 2.39. The third-order valence-electron chi connectivity index (χ3n) is 2.58. The minimum atomic E-state index is -1.63. The van der Waals surface area contributed by atoms with E-state index in [4.69, 9.17) is 14.6 Å². The van der Waals surface area contributed by atoms with Gasteiger partial charge < -0.3 is 19.7 Å². The van der Waals surface area contributed by atoms with Crippen molar-refractivity contribution in [3.63, 3.8) is 0 Å². The minimum Gasteiger partial charge on any atom is -0.493 e. The number of aliphatic hydroxyl groups excluding tert-OH is 1. The second-order valence-corrected chi connectivity index (χ2v) is 3.73. The van der Waals surface area contributed by atoms with Crippen molar-refractivity contribution in [2.75, 3.05) is 14.2 Å². The summed E-state index contributed by atoms with van der Waals surface area (Å²) in [6.45, 7) is 3.54. The Morgan fingerprint density at radius 2 is 1.71 bits per heavy atom. The smallest absolute Gasteiger partial charge is 0.337 e. The lowest BCUT2D eigenvalue weighted by atomic mass is 9.98. The van der Waals surface area contributed by atoms with Crippen LogP contribution in [0.25, 0.3) is 0 Å². The fourth-order valence-electron chi connectivity index (χ4n) is 1.87. The van der Waals surface area contributed by atoms with Crippen LogP contribution in [0.4, 0.5) is 0 Å². The van der Waals surface area contributed by atoms with E-state index in [9.17, 15) is 9.90 Å². The lowest BCUT2D eigenvalue weighted by Gasteiger charge is -2.19. The molecule has 0 bridgehead atoms. The third-order valence-corrected chi connectivity index (χ3v) is 2.58. The van der Waals surface area contributed by atoms with Gasteiger partial charge in [0.1, 0.15) is 0 Å². The van der Waals surface area contributed by atoms with Gasteiger partial charge in [0, 0.05) is 5.56 Å². The number of rotatable bonds is 4. The van der Waals surface area contributed by atoms with Crippen LogP contribution in [0.3, 0.4) is 0 Å². The Kier molecular flexibility index (Phi) is 3.96. The Labute approximate surface area is 99.6 Å². The maximum Gasteiger partial charge on any atom is 0.337 e. The zero-order valence-electron chi connectivity index (χ0n) is 10.3. The highest BCUT2D eigenvalue weighted by atomic mass is 16.5. The van der Waals surface area contributed by atoms with Gasteiger partial charge in [-0.15, -0.1) is 0 Å². The Balaban J connectivity index is 3.52. The standard InChI is InChI=1S/C12H16O5/c1-6-5-7(2)10(16-3)11(17-4)8(6)9(13)12(14)15/h5,9,13H,1-4H3,(H,14,15). The van der Waals surface area contributed by atoms with Crippen LogP contribution in [0, 0.1) is 13.8 Å². The topological polar surface area (TPSA) is 76.0 Å². The molecule has 5 nitrogen and oxygen atoms in total. The summed E-state index contributed by atoms with van der Waals surface area (Å²) in [5.74, 6) is -0.620. The van der Waals surface area contributed by atoms with Crippen molar-refractivity contribution in [3.8, 4) is 11.5 Å². The number of aliphatic hydroxyl groups is 1. The number of aliphatic carboxylic acids is 1. The van der Waals surface area contributed by atoms with Gasteiger partial charge in [-0.3, -0.25) is 0 Å². The van der Waals surface area contributed by atoms with E-state index >= 15 is 0 Å². The first-order valence-corrected chi connectivity index (χ1v) is 5.07. The number of methoxy groups -OCH3 is 2. The van der Waals surface area contributed by atoms with Gasteiger partial charge in [0.25, 0.3) is 0 Å². The van der Waals surface area contributed by atoms with E-state index < -0.39 is 12.1 Å². The minimum absolute atomic E-state index is 0.224. The van der Waals surface area contributed by atoms with Gasteiger partial charge in [-0.2, -0.15) is 0 Å².